The third-order valence-electron chi connectivity index (χ3n) is 5.35. The van der Waals surface area contributed by atoms with E-state index in [1.165, 1.54) is 0 Å². The molecular formula is C18H19BN4O3. The topological polar surface area (TPSA) is 102 Å². The van der Waals surface area contributed by atoms with Gasteiger partial charge in [-0.05, 0) is 30.0 Å². The number of hydrogen-bond acceptors (Lipinski definition) is 5. The predicted octanol–water partition coefficient (Wildman–Crippen LogP) is 1.76. The van der Waals surface area contributed by atoms with Gasteiger partial charge in [-0.25, -0.2) is 4.98 Å². The first kappa shape index (κ1) is 16.7. The number of nitrogens with zero attached hydrogens (tertiary/aromatic N) is 3. The van der Waals surface area contributed by atoms with E-state index in [-0.39, 0.29) is 18.2 Å². The summed E-state index contributed by atoms with van der Waals surface area (Å²) in [4.78, 5) is 21.4. The maximum absolute atomic E-state index is 12.2. The molecule has 2 aliphatic rings. The molecule has 0 spiro atoms. The van der Waals surface area contributed by atoms with Gasteiger partial charge in [0.25, 0.3) is 0 Å². The second kappa shape index (κ2) is 6.50. The summed E-state index contributed by atoms with van der Waals surface area (Å²) < 4.78 is 5.56. The number of hydrogen-bond donors (Lipinski definition) is 2. The SMILES string of the molecule is C[C@@H]1CCN(C(=O)CC#N)C[C@@H]1C1=CB(O)Oc2cnc3[nH]ccc3c21. The van der Waals surface area contributed by atoms with Gasteiger partial charge in [0.2, 0.25) is 5.91 Å². The number of carbonyl (C=O) groups is 1. The van der Waals surface area contributed by atoms with Crippen molar-refractivity contribution in [2.45, 2.75) is 19.8 Å². The molecule has 132 valence electrons. The van der Waals surface area contributed by atoms with Gasteiger partial charge < -0.3 is 19.6 Å². The molecule has 26 heavy (non-hydrogen) atoms. The van der Waals surface area contributed by atoms with E-state index in [1.54, 1.807) is 17.1 Å². The third kappa shape index (κ3) is 2.74. The van der Waals surface area contributed by atoms with Gasteiger partial charge in [-0.2, -0.15) is 5.26 Å². The highest BCUT2D eigenvalue weighted by Gasteiger charge is 2.36. The van der Waals surface area contributed by atoms with E-state index in [0.717, 1.165) is 28.6 Å². The highest BCUT2D eigenvalue weighted by molar-refractivity contribution is 6.52. The van der Waals surface area contributed by atoms with Crippen LogP contribution in [0.25, 0.3) is 16.6 Å². The standard InChI is InChI=1S/C18H19BN4O3/c1-11-4-7-23(16(24)2-5-20)10-14(11)13-8-19(25)26-15-9-22-18-12(17(13)15)3-6-21-18/h3,6,8-9,11,14,25H,2,4,7,10H2,1H3,(H,21,22)/t11-,14+/m1/s1. The zero-order valence-electron chi connectivity index (χ0n) is 14.5. The van der Waals surface area contributed by atoms with Gasteiger partial charge in [0.15, 0.2) is 0 Å². The minimum Gasteiger partial charge on any atom is -0.531 e. The molecule has 0 saturated carbocycles. The number of likely N-dealkylation sites (tertiary alicyclic amines) is 1. The molecule has 8 heteroatoms. The summed E-state index contributed by atoms with van der Waals surface area (Å²) in [6, 6.07) is 3.88. The first-order valence-electron chi connectivity index (χ1n) is 8.76. The summed E-state index contributed by atoms with van der Waals surface area (Å²) in [5.74, 6) is 2.54. The van der Waals surface area contributed by atoms with Crippen LogP contribution in [0.2, 0.25) is 0 Å². The van der Waals surface area contributed by atoms with Crippen molar-refractivity contribution in [3.05, 3.63) is 30.0 Å². The number of fused-ring (bicyclic) bond motifs is 3. The van der Waals surface area contributed by atoms with E-state index in [2.05, 4.69) is 16.9 Å². The summed E-state index contributed by atoms with van der Waals surface area (Å²) in [5, 5.41) is 19.9. The molecule has 1 saturated heterocycles. The molecule has 7 nitrogen and oxygen atoms in total. The molecule has 0 aliphatic carbocycles. The first-order chi connectivity index (χ1) is 12.6. The first-order valence-corrected chi connectivity index (χ1v) is 8.76. The van der Waals surface area contributed by atoms with E-state index in [0.29, 0.717) is 24.8 Å². The van der Waals surface area contributed by atoms with Crippen LogP contribution >= 0.6 is 0 Å². The number of aromatic amines is 1. The fraction of sp³-hybridized carbons (Fsp3) is 0.389. The lowest BCUT2D eigenvalue weighted by molar-refractivity contribution is -0.132. The highest BCUT2D eigenvalue weighted by Crippen LogP contribution is 2.43. The van der Waals surface area contributed by atoms with Gasteiger partial charge in [0.1, 0.15) is 17.8 Å². The van der Waals surface area contributed by atoms with Crippen molar-refractivity contribution in [2.24, 2.45) is 11.8 Å². The van der Waals surface area contributed by atoms with Crippen molar-refractivity contribution in [3.63, 3.8) is 0 Å². The van der Waals surface area contributed by atoms with Crippen LogP contribution in [0.3, 0.4) is 0 Å². The molecule has 2 N–H and O–H groups in total. The van der Waals surface area contributed by atoms with Crippen LogP contribution in [0.5, 0.6) is 5.75 Å². The van der Waals surface area contributed by atoms with Gasteiger partial charge in [-0.1, -0.05) is 6.92 Å². The number of nitrogens with one attached hydrogen (secondary N) is 1. The van der Waals surface area contributed by atoms with Crippen molar-refractivity contribution in [1.82, 2.24) is 14.9 Å². The Morgan fingerprint density at radius 2 is 2.46 bits per heavy atom. The Morgan fingerprint density at radius 1 is 1.62 bits per heavy atom. The summed E-state index contributed by atoms with van der Waals surface area (Å²) in [6.07, 6.45) is 4.20. The number of H-pyrrole nitrogens is 1. The maximum atomic E-state index is 12.2. The summed E-state index contributed by atoms with van der Waals surface area (Å²) in [7, 11) is -1.03. The summed E-state index contributed by atoms with van der Waals surface area (Å²) >= 11 is 0. The van der Waals surface area contributed by atoms with Crippen molar-refractivity contribution in [1.29, 1.82) is 5.26 Å². The average molecular weight is 350 g/mol. The zero-order valence-corrected chi connectivity index (χ0v) is 14.5. The van der Waals surface area contributed by atoms with Crippen molar-refractivity contribution >= 4 is 29.6 Å². The fourth-order valence-corrected chi connectivity index (χ4v) is 3.97. The molecule has 4 rings (SSSR count). The summed E-state index contributed by atoms with van der Waals surface area (Å²) in [6.45, 7) is 3.36. The lowest BCUT2D eigenvalue weighted by atomic mass is 9.72. The van der Waals surface area contributed by atoms with Crippen molar-refractivity contribution < 1.29 is 14.5 Å². The number of rotatable bonds is 2. The number of amides is 1. The molecule has 2 aromatic rings. The van der Waals surface area contributed by atoms with Crippen LogP contribution < -0.4 is 4.65 Å². The quantitative estimate of drug-likeness (QED) is 0.804. The molecular weight excluding hydrogens is 331 g/mol. The Kier molecular flexibility index (Phi) is 4.17. The molecule has 2 aromatic heterocycles. The van der Waals surface area contributed by atoms with Gasteiger partial charge in [-0.3, -0.25) is 4.79 Å². The number of piperidine rings is 1. The second-order valence-corrected chi connectivity index (χ2v) is 6.91. The predicted molar refractivity (Wildman–Crippen MR) is 96.8 cm³/mol. The smallest absolute Gasteiger partial charge is 0.531 e. The van der Waals surface area contributed by atoms with Gasteiger partial charge in [0, 0.05) is 36.2 Å². The molecule has 0 aromatic carbocycles. The van der Waals surface area contributed by atoms with Crippen LogP contribution in [-0.4, -0.2) is 46.0 Å². The average Bonchev–Trinajstić information content (AvgIpc) is 3.10. The maximum Gasteiger partial charge on any atom is 0.552 e. The minimum atomic E-state index is -1.03. The minimum absolute atomic E-state index is 0.0594. The number of pyridine rings is 1. The second-order valence-electron chi connectivity index (χ2n) is 6.91. The van der Waals surface area contributed by atoms with Gasteiger partial charge >= 0.3 is 7.12 Å². The Balaban J connectivity index is 1.75. The third-order valence-corrected chi connectivity index (χ3v) is 5.35. The molecule has 2 atom stereocenters. The van der Waals surface area contributed by atoms with Crippen molar-refractivity contribution in [3.8, 4) is 11.8 Å². The van der Waals surface area contributed by atoms with Gasteiger partial charge in [-0.15, -0.1) is 0 Å². The molecule has 1 amide bonds. The van der Waals surface area contributed by atoms with Crippen LogP contribution in [0.4, 0.5) is 0 Å². The lowest BCUT2D eigenvalue weighted by Crippen LogP contribution is -2.44. The Labute approximate surface area is 151 Å². The highest BCUT2D eigenvalue weighted by atomic mass is 16.5. The molecule has 0 radical (unpaired) electrons. The number of carbonyl (C=O) groups excluding carboxylic acids is 1. The summed E-state index contributed by atoms with van der Waals surface area (Å²) in [5.41, 5.74) is 2.66. The van der Waals surface area contributed by atoms with Crippen molar-refractivity contribution in [2.75, 3.05) is 13.1 Å². The molecule has 0 unspecified atom stereocenters. The molecule has 4 heterocycles. The molecule has 1 fully saturated rings. The van der Waals surface area contributed by atoms with Crippen LogP contribution in [-0.2, 0) is 4.79 Å². The van der Waals surface area contributed by atoms with E-state index in [4.69, 9.17) is 9.92 Å². The largest absolute Gasteiger partial charge is 0.552 e. The Morgan fingerprint density at radius 3 is 3.27 bits per heavy atom. The Bertz CT molecular complexity index is 932. The number of aromatic nitrogens is 2. The fourth-order valence-electron chi connectivity index (χ4n) is 3.97. The van der Waals surface area contributed by atoms with E-state index in [1.807, 2.05) is 18.3 Å². The van der Waals surface area contributed by atoms with E-state index < -0.39 is 7.12 Å². The number of nitriles is 1. The van der Waals surface area contributed by atoms with Crippen LogP contribution in [0.15, 0.2) is 24.4 Å². The molecule has 2 aliphatic heterocycles. The van der Waals surface area contributed by atoms with Crippen LogP contribution in [0, 0.1) is 23.2 Å². The molecule has 0 bridgehead atoms. The van der Waals surface area contributed by atoms with Gasteiger partial charge in [0.05, 0.1) is 12.3 Å². The monoisotopic (exact) mass is 350 g/mol. The zero-order chi connectivity index (χ0) is 18.3. The van der Waals surface area contributed by atoms with Crippen LogP contribution in [0.1, 0.15) is 25.3 Å². The van der Waals surface area contributed by atoms with E-state index >= 15 is 0 Å². The lowest BCUT2D eigenvalue weighted by Gasteiger charge is -2.39. The normalized spacial score (nSPS) is 22.4. The van der Waals surface area contributed by atoms with E-state index in [9.17, 15) is 9.82 Å². The Hall–Kier alpha value is -2.79.